The third kappa shape index (κ3) is 4.50. The van der Waals surface area contributed by atoms with Gasteiger partial charge in [-0.25, -0.2) is 4.68 Å². The van der Waals surface area contributed by atoms with Crippen LogP contribution in [0.5, 0.6) is 0 Å². The fraction of sp³-hybridized carbons (Fsp3) is 0.129. The Labute approximate surface area is 221 Å². The predicted molar refractivity (Wildman–Crippen MR) is 147 cm³/mol. The van der Waals surface area contributed by atoms with Crippen LogP contribution in [0.15, 0.2) is 116 Å². The summed E-state index contributed by atoms with van der Waals surface area (Å²) < 4.78 is 3.63. The number of rotatable bonds is 6. The fourth-order valence-electron chi connectivity index (χ4n) is 4.99. The summed E-state index contributed by atoms with van der Waals surface area (Å²) in [5.74, 6) is -0.399. The van der Waals surface area contributed by atoms with Gasteiger partial charge in [0, 0.05) is 24.5 Å². The van der Waals surface area contributed by atoms with E-state index in [0.29, 0.717) is 30.0 Å². The van der Waals surface area contributed by atoms with Crippen molar-refractivity contribution in [3.63, 3.8) is 0 Å². The minimum atomic E-state index is -0.570. The number of benzene rings is 3. The molecule has 3 heterocycles. The van der Waals surface area contributed by atoms with E-state index in [0.717, 1.165) is 23.4 Å². The highest BCUT2D eigenvalue weighted by atomic mass is 16.2. The van der Waals surface area contributed by atoms with Gasteiger partial charge in [-0.05, 0) is 55.3 Å². The van der Waals surface area contributed by atoms with Gasteiger partial charge in [-0.3, -0.25) is 9.59 Å². The quantitative estimate of drug-likeness (QED) is 0.331. The molecule has 1 saturated heterocycles. The molecule has 0 radical (unpaired) electrons. The van der Waals surface area contributed by atoms with Crippen LogP contribution in [0.2, 0.25) is 0 Å². The molecule has 38 heavy (non-hydrogen) atoms. The number of nitrogens with one attached hydrogen (secondary N) is 1. The van der Waals surface area contributed by atoms with Crippen LogP contribution in [-0.2, 0) is 4.79 Å². The lowest BCUT2D eigenvalue weighted by atomic mass is 10.1. The van der Waals surface area contributed by atoms with E-state index in [4.69, 9.17) is 5.10 Å². The molecule has 0 aliphatic carbocycles. The molecule has 7 heteroatoms. The summed E-state index contributed by atoms with van der Waals surface area (Å²) in [6.07, 6.45) is 5.24. The topological polar surface area (TPSA) is 72.2 Å². The molecule has 0 bridgehead atoms. The zero-order valence-electron chi connectivity index (χ0n) is 20.8. The monoisotopic (exact) mass is 501 g/mol. The number of nitrogens with zero attached hydrogens (tertiary/aromatic N) is 4. The molecule has 1 fully saturated rings. The summed E-state index contributed by atoms with van der Waals surface area (Å²) in [6.45, 7) is 0.511. The summed E-state index contributed by atoms with van der Waals surface area (Å²) in [4.78, 5) is 29.2. The van der Waals surface area contributed by atoms with Crippen LogP contribution < -0.4 is 5.32 Å². The molecule has 7 nitrogen and oxygen atoms in total. The standard InChI is InChI=1S/C31H27N5O2/c37-30(32-25-16-7-8-17-27(25)34-19-9-10-20-34)28-18-11-21-35(28)31(38)29-22-26(23-12-3-1-4-13-23)33-36(29)24-14-5-2-6-15-24/h1-10,12-17,19-20,22,28H,11,18,21H2,(H,32,37)/t28-/m0/s1. The van der Waals surface area contributed by atoms with Crippen LogP contribution in [0.3, 0.4) is 0 Å². The van der Waals surface area contributed by atoms with Crippen LogP contribution in [0.1, 0.15) is 23.3 Å². The van der Waals surface area contributed by atoms with E-state index in [1.165, 1.54) is 0 Å². The number of para-hydroxylation sites is 3. The molecule has 2 amide bonds. The van der Waals surface area contributed by atoms with Gasteiger partial charge in [0.1, 0.15) is 11.7 Å². The van der Waals surface area contributed by atoms with Gasteiger partial charge >= 0.3 is 0 Å². The number of hydrogen-bond acceptors (Lipinski definition) is 3. The van der Waals surface area contributed by atoms with Gasteiger partial charge < -0.3 is 14.8 Å². The maximum Gasteiger partial charge on any atom is 0.273 e. The van der Waals surface area contributed by atoms with Crippen LogP contribution in [0, 0.1) is 0 Å². The highest BCUT2D eigenvalue weighted by molar-refractivity contribution is 6.02. The van der Waals surface area contributed by atoms with E-state index in [-0.39, 0.29) is 11.8 Å². The SMILES string of the molecule is O=C(Nc1ccccc1-n1cccc1)[C@@H]1CCCN1C(=O)c1cc(-c2ccccc2)nn1-c1ccccc1. The van der Waals surface area contributed by atoms with Gasteiger partial charge in [-0.2, -0.15) is 5.10 Å². The maximum absolute atomic E-state index is 14.0. The number of amides is 2. The van der Waals surface area contributed by atoms with Crippen molar-refractivity contribution in [2.24, 2.45) is 0 Å². The Hall–Kier alpha value is -4.91. The van der Waals surface area contributed by atoms with E-state index >= 15 is 0 Å². The molecule has 1 atom stereocenters. The molecule has 1 N–H and O–H groups in total. The van der Waals surface area contributed by atoms with Crippen molar-refractivity contribution in [3.05, 3.63) is 121 Å². The zero-order valence-corrected chi connectivity index (χ0v) is 20.8. The van der Waals surface area contributed by atoms with Gasteiger partial charge in [0.2, 0.25) is 5.91 Å². The lowest BCUT2D eigenvalue weighted by Crippen LogP contribution is -2.43. The number of likely N-dealkylation sites (tertiary alicyclic amines) is 1. The molecule has 0 unspecified atom stereocenters. The summed E-state index contributed by atoms with van der Waals surface area (Å²) in [6, 6.07) is 32.2. The first kappa shape index (κ1) is 23.5. The third-order valence-electron chi connectivity index (χ3n) is 6.86. The lowest BCUT2D eigenvalue weighted by Gasteiger charge is -2.24. The predicted octanol–water partition coefficient (Wildman–Crippen LogP) is 5.57. The summed E-state index contributed by atoms with van der Waals surface area (Å²) in [7, 11) is 0. The van der Waals surface area contributed by atoms with Gasteiger partial charge in [-0.15, -0.1) is 0 Å². The summed E-state index contributed by atoms with van der Waals surface area (Å²) >= 11 is 0. The molecular weight excluding hydrogens is 474 g/mol. The number of anilines is 1. The van der Waals surface area contributed by atoms with Crippen LogP contribution in [0.4, 0.5) is 5.69 Å². The zero-order chi connectivity index (χ0) is 25.9. The largest absolute Gasteiger partial charge is 0.325 e. The van der Waals surface area contributed by atoms with Crippen molar-refractivity contribution in [1.82, 2.24) is 19.2 Å². The molecule has 5 aromatic rings. The van der Waals surface area contributed by atoms with Crippen molar-refractivity contribution in [2.75, 3.05) is 11.9 Å². The van der Waals surface area contributed by atoms with E-state index in [1.807, 2.05) is 120 Å². The fourth-order valence-corrected chi connectivity index (χ4v) is 4.99. The maximum atomic E-state index is 14.0. The van der Waals surface area contributed by atoms with Crippen molar-refractivity contribution in [2.45, 2.75) is 18.9 Å². The molecule has 188 valence electrons. The van der Waals surface area contributed by atoms with Crippen LogP contribution >= 0.6 is 0 Å². The molecule has 2 aromatic heterocycles. The van der Waals surface area contributed by atoms with Gasteiger partial charge in [0.05, 0.1) is 22.8 Å². The average molecular weight is 502 g/mol. The first-order valence-electron chi connectivity index (χ1n) is 12.7. The van der Waals surface area contributed by atoms with Crippen molar-refractivity contribution in [1.29, 1.82) is 0 Å². The van der Waals surface area contributed by atoms with Crippen LogP contribution in [-0.4, -0.2) is 43.6 Å². The number of carbonyl (C=O) groups excluding carboxylic acids is 2. The average Bonchev–Trinajstić information content (AvgIpc) is 3.75. The molecule has 3 aromatic carbocycles. The second-order valence-corrected chi connectivity index (χ2v) is 9.28. The first-order valence-corrected chi connectivity index (χ1v) is 12.7. The van der Waals surface area contributed by atoms with Crippen molar-refractivity contribution >= 4 is 17.5 Å². The first-order chi connectivity index (χ1) is 18.7. The Morgan fingerprint density at radius 2 is 1.50 bits per heavy atom. The number of aromatic nitrogens is 3. The van der Waals surface area contributed by atoms with E-state index < -0.39 is 6.04 Å². The van der Waals surface area contributed by atoms with Crippen LogP contribution in [0.25, 0.3) is 22.6 Å². The Bertz CT molecular complexity index is 1560. The molecule has 1 aliphatic rings. The second-order valence-electron chi connectivity index (χ2n) is 9.28. The normalized spacial score (nSPS) is 14.9. The number of carbonyl (C=O) groups is 2. The smallest absolute Gasteiger partial charge is 0.273 e. The van der Waals surface area contributed by atoms with Gasteiger partial charge in [-0.1, -0.05) is 60.7 Å². The number of hydrogen-bond donors (Lipinski definition) is 1. The summed E-state index contributed by atoms with van der Waals surface area (Å²) in [5.41, 5.74) is 4.43. The summed E-state index contributed by atoms with van der Waals surface area (Å²) in [5, 5.41) is 7.87. The van der Waals surface area contributed by atoms with Crippen molar-refractivity contribution < 1.29 is 9.59 Å². The van der Waals surface area contributed by atoms with Crippen molar-refractivity contribution in [3.8, 4) is 22.6 Å². The Balaban J connectivity index is 1.31. The third-order valence-corrected chi connectivity index (χ3v) is 6.86. The molecule has 1 aliphatic heterocycles. The van der Waals surface area contributed by atoms with E-state index in [2.05, 4.69) is 5.32 Å². The highest BCUT2D eigenvalue weighted by Crippen LogP contribution is 2.27. The Morgan fingerprint density at radius 3 is 2.26 bits per heavy atom. The van der Waals surface area contributed by atoms with E-state index in [9.17, 15) is 9.59 Å². The van der Waals surface area contributed by atoms with Gasteiger partial charge in [0.15, 0.2) is 0 Å². The lowest BCUT2D eigenvalue weighted by molar-refractivity contribution is -0.119. The Kier molecular flexibility index (Phi) is 6.32. The molecule has 0 saturated carbocycles. The minimum Gasteiger partial charge on any atom is -0.325 e. The van der Waals surface area contributed by atoms with E-state index in [1.54, 1.807) is 9.58 Å². The minimum absolute atomic E-state index is 0.190. The molecule has 6 rings (SSSR count). The highest BCUT2D eigenvalue weighted by Gasteiger charge is 2.36. The molecule has 0 spiro atoms. The molecular formula is C31H27N5O2. The van der Waals surface area contributed by atoms with Gasteiger partial charge in [0.25, 0.3) is 5.91 Å². The second kappa shape index (κ2) is 10.2. The Morgan fingerprint density at radius 1 is 0.816 bits per heavy atom.